The summed E-state index contributed by atoms with van der Waals surface area (Å²) in [5.74, 6) is 1.33. The maximum absolute atomic E-state index is 9.15. The summed E-state index contributed by atoms with van der Waals surface area (Å²) in [4.78, 5) is 0. The van der Waals surface area contributed by atoms with Crippen LogP contribution in [0.15, 0.2) is 18.2 Å². The molecule has 4 heteroatoms. The molecular formula is C18H23ClN2O. The van der Waals surface area contributed by atoms with Crippen LogP contribution >= 0.6 is 12.4 Å². The van der Waals surface area contributed by atoms with Crippen molar-refractivity contribution in [1.82, 2.24) is 0 Å². The second-order valence-electron chi connectivity index (χ2n) is 6.77. The lowest BCUT2D eigenvalue weighted by molar-refractivity contribution is -0.107. The minimum absolute atomic E-state index is 0. The smallest absolute Gasteiger partial charge is 0.0991 e. The average molecular weight is 319 g/mol. The number of hydrogen-bond donors (Lipinski definition) is 1. The Bertz CT molecular complexity index is 577. The van der Waals surface area contributed by atoms with Gasteiger partial charge in [0, 0.05) is 23.7 Å². The van der Waals surface area contributed by atoms with E-state index in [4.69, 9.17) is 10.00 Å². The predicted molar refractivity (Wildman–Crippen MR) is 89.2 cm³/mol. The lowest BCUT2D eigenvalue weighted by atomic mass is 9.81. The van der Waals surface area contributed by atoms with Gasteiger partial charge in [0.25, 0.3) is 0 Å². The van der Waals surface area contributed by atoms with E-state index in [1.54, 1.807) is 0 Å². The fraction of sp³-hybridized carbons (Fsp3) is 0.611. The number of benzene rings is 1. The lowest BCUT2D eigenvalue weighted by Crippen LogP contribution is -2.39. The summed E-state index contributed by atoms with van der Waals surface area (Å²) in [6.45, 7) is 1.00. The number of nitrogens with one attached hydrogen (secondary N) is 1. The molecule has 1 saturated heterocycles. The average Bonchev–Trinajstić information content (AvgIpc) is 3.08. The van der Waals surface area contributed by atoms with Crippen molar-refractivity contribution >= 4 is 18.1 Å². The van der Waals surface area contributed by atoms with Crippen molar-refractivity contribution in [2.75, 3.05) is 11.9 Å². The third-order valence-corrected chi connectivity index (χ3v) is 5.54. The van der Waals surface area contributed by atoms with Gasteiger partial charge in [-0.2, -0.15) is 5.26 Å². The standard InChI is InChI=1S/C18H22N2O.ClH/c19-10-12-5-7-16-15(9-12)18-14(11-20-16)6-8-17(21-18)13-3-1-2-4-13;/h5,7,9,13-14,17-18,20H,1-4,6,8,11H2;1H. The molecule has 22 heavy (non-hydrogen) atoms. The highest BCUT2D eigenvalue weighted by Gasteiger charge is 2.39. The first-order chi connectivity index (χ1) is 10.3. The van der Waals surface area contributed by atoms with E-state index in [1.165, 1.54) is 44.1 Å². The molecule has 0 aromatic heterocycles. The van der Waals surface area contributed by atoms with Crippen molar-refractivity contribution in [3.05, 3.63) is 29.3 Å². The zero-order chi connectivity index (χ0) is 14.2. The van der Waals surface area contributed by atoms with E-state index in [2.05, 4.69) is 11.4 Å². The molecule has 118 valence electrons. The van der Waals surface area contributed by atoms with Crippen molar-refractivity contribution in [3.8, 4) is 6.07 Å². The predicted octanol–water partition coefficient (Wildman–Crippen LogP) is 4.43. The monoisotopic (exact) mass is 318 g/mol. The zero-order valence-electron chi connectivity index (χ0n) is 12.8. The Morgan fingerprint density at radius 1 is 1.09 bits per heavy atom. The molecule has 0 spiro atoms. The molecule has 1 aromatic rings. The van der Waals surface area contributed by atoms with E-state index in [0.29, 0.717) is 12.0 Å². The number of ether oxygens (including phenoxy) is 1. The summed E-state index contributed by atoms with van der Waals surface area (Å²) in [6.07, 6.45) is 8.50. The van der Waals surface area contributed by atoms with E-state index in [1.807, 2.05) is 18.2 Å². The van der Waals surface area contributed by atoms with Gasteiger partial charge in [0.1, 0.15) is 0 Å². The molecule has 1 aromatic carbocycles. The molecule has 2 aliphatic heterocycles. The summed E-state index contributed by atoms with van der Waals surface area (Å²) in [6, 6.07) is 8.21. The summed E-state index contributed by atoms with van der Waals surface area (Å²) in [7, 11) is 0. The van der Waals surface area contributed by atoms with Gasteiger partial charge in [0.15, 0.2) is 0 Å². The Kier molecular flexibility index (Phi) is 4.61. The maximum atomic E-state index is 9.15. The van der Waals surface area contributed by atoms with Crippen molar-refractivity contribution in [2.24, 2.45) is 11.8 Å². The Morgan fingerprint density at radius 3 is 2.68 bits per heavy atom. The van der Waals surface area contributed by atoms with Crippen LogP contribution in [0.25, 0.3) is 0 Å². The van der Waals surface area contributed by atoms with E-state index < -0.39 is 0 Å². The molecular weight excluding hydrogens is 296 g/mol. The molecule has 1 saturated carbocycles. The normalized spacial score (nSPS) is 30.4. The highest BCUT2D eigenvalue weighted by Crippen LogP contribution is 2.46. The second-order valence-corrected chi connectivity index (χ2v) is 6.77. The summed E-state index contributed by atoms with van der Waals surface area (Å²) in [5, 5.41) is 12.7. The van der Waals surface area contributed by atoms with Crippen molar-refractivity contribution < 1.29 is 4.74 Å². The van der Waals surface area contributed by atoms with Crippen molar-refractivity contribution in [3.63, 3.8) is 0 Å². The topological polar surface area (TPSA) is 45.0 Å². The van der Waals surface area contributed by atoms with Crippen LogP contribution in [-0.2, 0) is 4.74 Å². The van der Waals surface area contributed by atoms with Crippen molar-refractivity contribution in [1.29, 1.82) is 5.26 Å². The van der Waals surface area contributed by atoms with Crippen LogP contribution < -0.4 is 5.32 Å². The van der Waals surface area contributed by atoms with E-state index >= 15 is 0 Å². The number of hydrogen-bond acceptors (Lipinski definition) is 3. The third kappa shape index (κ3) is 2.71. The quantitative estimate of drug-likeness (QED) is 0.833. The van der Waals surface area contributed by atoms with Gasteiger partial charge in [-0.1, -0.05) is 12.8 Å². The van der Waals surface area contributed by atoms with Crippen molar-refractivity contribution in [2.45, 2.75) is 50.7 Å². The summed E-state index contributed by atoms with van der Waals surface area (Å²) >= 11 is 0. The SMILES string of the molecule is Cl.N#Cc1ccc2c(c1)C1OC(C3CCCC3)CCC1CN2. The molecule has 0 bridgehead atoms. The molecule has 3 unspecified atom stereocenters. The summed E-state index contributed by atoms with van der Waals surface area (Å²) in [5.41, 5.74) is 3.10. The van der Waals surface area contributed by atoms with Gasteiger partial charge >= 0.3 is 0 Å². The summed E-state index contributed by atoms with van der Waals surface area (Å²) < 4.78 is 6.55. The van der Waals surface area contributed by atoms with Gasteiger partial charge in [-0.3, -0.25) is 0 Å². The molecule has 4 rings (SSSR count). The number of nitrogens with zero attached hydrogens (tertiary/aromatic N) is 1. The highest BCUT2D eigenvalue weighted by atomic mass is 35.5. The van der Waals surface area contributed by atoms with Gasteiger partial charge in [-0.25, -0.2) is 0 Å². The van der Waals surface area contributed by atoms with Gasteiger partial charge < -0.3 is 10.1 Å². The highest BCUT2D eigenvalue weighted by molar-refractivity contribution is 5.85. The molecule has 0 amide bonds. The van der Waals surface area contributed by atoms with E-state index in [9.17, 15) is 0 Å². The van der Waals surface area contributed by atoms with E-state index in [-0.39, 0.29) is 18.5 Å². The second kappa shape index (κ2) is 6.48. The minimum atomic E-state index is 0. The molecule has 1 aliphatic carbocycles. The first kappa shape index (κ1) is 15.6. The van der Waals surface area contributed by atoms with Crippen LogP contribution in [0.1, 0.15) is 55.8 Å². The molecule has 1 N–H and O–H groups in total. The number of rotatable bonds is 1. The number of nitriles is 1. The lowest BCUT2D eigenvalue weighted by Gasteiger charge is -2.42. The number of fused-ring (bicyclic) bond motifs is 3. The number of halogens is 1. The molecule has 2 heterocycles. The zero-order valence-corrected chi connectivity index (χ0v) is 13.6. The van der Waals surface area contributed by atoms with Crippen LogP contribution in [0.4, 0.5) is 5.69 Å². The third-order valence-electron chi connectivity index (χ3n) is 5.54. The van der Waals surface area contributed by atoms with Gasteiger partial charge in [0.2, 0.25) is 0 Å². The van der Waals surface area contributed by atoms with Gasteiger partial charge in [0.05, 0.1) is 23.8 Å². The maximum Gasteiger partial charge on any atom is 0.0991 e. The Hall–Kier alpha value is -1.24. The van der Waals surface area contributed by atoms with E-state index in [0.717, 1.165) is 23.7 Å². The van der Waals surface area contributed by atoms with Gasteiger partial charge in [-0.15, -0.1) is 12.4 Å². The van der Waals surface area contributed by atoms with Crippen LogP contribution in [0.2, 0.25) is 0 Å². The molecule has 3 nitrogen and oxygen atoms in total. The molecule has 3 aliphatic rings. The Balaban J connectivity index is 0.00000144. The Labute approximate surface area is 138 Å². The largest absolute Gasteiger partial charge is 0.384 e. The van der Waals surface area contributed by atoms with Crippen LogP contribution in [0, 0.1) is 23.2 Å². The molecule has 2 fully saturated rings. The van der Waals surface area contributed by atoms with Crippen LogP contribution in [0.5, 0.6) is 0 Å². The van der Waals surface area contributed by atoms with Crippen LogP contribution in [0.3, 0.4) is 0 Å². The van der Waals surface area contributed by atoms with Crippen LogP contribution in [-0.4, -0.2) is 12.6 Å². The molecule has 0 radical (unpaired) electrons. The minimum Gasteiger partial charge on any atom is -0.384 e. The first-order valence-corrected chi connectivity index (χ1v) is 8.28. The Morgan fingerprint density at radius 2 is 1.91 bits per heavy atom. The fourth-order valence-corrected chi connectivity index (χ4v) is 4.38. The molecule has 3 atom stereocenters. The fourth-order valence-electron chi connectivity index (χ4n) is 4.38. The van der Waals surface area contributed by atoms with Gasteiger partial charge in [-0.05, 0) is 49.8 Å². The number of anilines is 1. The first-order valence-electron chi connectivity index (χ1n) is 8.28.